The predicted octanol–water partition coefficient (Wildman–Crippen LogP) is 3.36. The second-order valence-electron chi connectivity index (χ2n) is 6.21. The number of ether oxygens (including phenoxy) is 2. The van der Waals surface area contributed by atoms with Crippen molar-refractivity contribution in [2.24, 2.45) is 0 Å². The molecule has 1 aliphatic rings. The van der Waals surface area contributed by atoms with Gasteiger partial charge in [0.2, 0.25) is 0 Å². The fourth-order valence-corrected chi connectivity index (χ4v) is 3.41. The van der Waals surface area contributed by atoms with Gasteiger partial charge in [-0.3, -0.25) is 9.69 Å². The number of methoxy groups -OCH3 is 2. The van der Waals surface area contributed by atoms with E-state index in [1.807, 2.05) is 18.2 Å². The molecule has 1 fully saturated rings. The largest absolute Gasteiger partial charge is 0.497 e. The first kappa shape index (κ1) is 19.7. The molecular formula is C19H21Cl2N3O3. The Balaban J connectivity index is 1.64. The fraction of sp³-hybridized carbons (Fsp3) is 0.368. The number of carbonyl (C=O) groups is 1. The predicted molar refractivity (Wildman–Crippen MR) is 105 cm³/mol. The van der Waals surface area contributed by atoms with Gasteiger partial charge in [-0.15, -0.1) is 0 Å². The summed E-state index contributed by atoms with van der Waals surface area (Å²) >= 11 is 12.0. The van der Waals surface area contributed by atoms with Gasteiger partial charge in [0.1, 0.15) is 22.3 Å². The van der Waals surface area contributed by atoms with Crippen LogP contribution in [0.4, 0.5) is 0 Å². The minimum Gasteiger partial charge on any atom is -0.497 e. The molecule has 1 aromatic heterocycles. The van der Waals surface area contributed by atoms with Gasteiger partial charge in [0, 0.05) is 38.3 Å². The van der Waals surface area contributed by atoms with Crippen LogP contribution in [0, 0.1) is 0 Å². The molecule has 6 nitrogen and oxygen atoms in total. The van der Waals surface area contributed by atoms with E-state index in [4.69, 9.17) is 32.7 Å². The molecule has 0 bridgehead atoms. The Kier molecular flexibility index (Phi) is 6.42. The number of halogens is 2. The normalized spacial score (nSPS) is 14.9. The molecule has 0 unspecified atom stereocenters. The Morgan fingerprint density at radius 1 is 1.07 bits per heavy atom. The molecule has 0 spiro atoms. The molecule has 8 heteroatoms. The lowest BCUT2D eigenvalue weighted by Gasteiger charge is -2.35. The van der Waals surface area contributed by atoms with Crippen molar-refractivity contribution in [1.82, 2.24) is 14.8 Å². The Hall–Kier alpha value is -2.02. The minimum atomic E-state index is -0.193. The molecule has 1 amide bonds. The average molecular weight is 410 g/mol. The third kappa shape index (κ3) is 4.64. The lowest BCUT2D eigenvalue weighted by molar-refractivity contribution is 0.0622. The third-order valence-corrected chi connectivity index (χ3v) is 5.07. The topological polar surface area (TPSA) is 54.9 Å². The van der Waals surface area contributed by atoms with Gasteiger partial charge in [0.25, 0.3) is 5.91 Å². The van der Waals surface area contributed by atoms with E-state index in [-0.39, 0.29) is 16.8 Å². The number of aromatic nitrogens is 1. The van der Waals surface area contributed by atoms with E-state index in [0.717, 1.165) is 36.7 Å². The number of nitrogens with zero attached hydrogens (tertiary/aromatic N) is 3. The summed E-state index contributed by atoms with van der Waals surface area (Å²) in [5.74, 6) is 1.42. The quantitative estimate of drug-likeness (QED) is 0.708. The minimum absolute atomic E-state index is 0.193. The average Bonchev–Trinajstić information content (AvgIpc) is 2.69. The van der Waals surface area contributed by atoms with Crippen molar-refractivity contribution in [3.63, 3.8) is 0 Å². The first-order valence-corrected chi connectivity index (χ1v) is 9.32. The van der Waals surface area contributed by atoms with Crippen LogP contribution in [0.15, 0.2) is 30.3 Å². The lowest BCUT2D eigenvalue weighted by atomic mass is 10.1. The summed E-state index contributed by atoms with van der Waals surface area (Å²) < 4.78 is 10.8. The Morgan fingerprint density at radius 3 is 2.48 bits per heavy atom. The Bertz CT molecular complexity index is 824. The Labute approximate surface area is 168 Å². The van der Waals surface area contributed by atoms with E-state index in [1.165, 1.54) is 0 Å². The summed E-state index contributed by atoms with van der Waals surface area (Å²) in [5.41, 5.74) is 1.25. The second-order valence-corrected chi connectivity index (χ2v) is 7.00. The maximum absolute atomic E-state index is 12.7. The molecule has 2 heterocycles. The van der Waals surface area contributed by atoms with Gasteiger partial charge in [0.15, 0.2) is 0 Å². The van der Waals surface area contributed by atoms with Gasteiger partial charge in [-0.05, 0) is 30.3 Å². The van der Waals surface area contributed by atoms with Gasteiger partial charge in [-0.25, -0.2) is 4.98 Å². The van der Waals surface area contributed by atoms with E-state index in [1.54, 1.807) is 31.3 Å². The number of piperazine rings is 1. The van der Waals surface area contributed by atoms with Crippen molar-refractivity contribution < 1.29 is 14.3 Å². The molecule has 0 N–H and O–H groups in total. The smallest absolute Gasteiger partial charge is 0.274 e. The maximum Gasteiger partial charge on any atom is 0.274 e. The number of carbonyl (C=O) groups excluding carboxylic acids is 1. The van der Waals surface area contributed by atoms with Gasteiger partial charge in [0.05, 0.1) is 19.2 Å². The molecule has 1 aliphatic heterocycles. The molecule has 27 heavy (non-hydrogen) atoms. The van der Waals surface area contributed by atoms with Crippen molar-refractivity contribution in [1.29, 1.82) is 0 Å². The van der Waals surface area contributed by atoms with Crippen molar-refractivity contribution >= 4 is 29.1 Å². The number of hydrogen-bond donors (Lipinski definition) is 0. The van der Waals surface area contributed by atoms with Crippen LogP contribution in [0.3, 0.4) is 0 Å². The molecule has 0 saturated carbocycles. The molecule has 0 radical (unpaired) electrons. The molecule has 2 aromatic rings. The highest BCUT2D eigenvalue weighted by Crippen LogP contribution is 2.26. The summed E-state index contributed by atoms with van der Waals surface area (Å²) in [5, 5.41) is 0.569. The molecule has 1 saturated heterocycles. The van der Waals surface area contributed by atoms with Crippen LogP contribution in [-0.4, -0.2) is 61.1 Å². The van der Waals surface area contributed by atoms with Crippen LogP contribution in [0.1, 0.15) is 16.1 Å². The zero-order valence-corrected chi connectivity index (χ0v) is 16.8. The number of hydrogen-bond acceptors (Lipinski definition) is 5. The summed E-state index contributed by atoms with van der Waals surface area (Å²) in [6.45, 7) is 3.39. The summed E-state index contributed by atoms with van der Waals surface area (Å²) in [7, 11) is 3.30. The van der Waals surface area contributed by atoms with Crippen LogP contribution < -0.4 is 9.47 Å². The standard InChI is InChI=1S/C19H21Cl2N3O3/c1-26-14-3-5-16(27-2)13(11-14)12-23-7-9-24(10-8-23)19(25)18-15(20)4-6-17(21)22-18/h3-6,11H,7-10,12H2,1-2H3. The third-order valence-electron chi connectivity index (χ3n) is 4.56. The zero-order valence-electron chi connectivity index (χ0n) is 15.2. The second kappa shape index (κ2) is 8.78. The molecule has 3 rings (SSSR count). The first-order chi connectivity index (χ1) is 13.0. The number of pyridine rings is 1. The SMILES string of the molecule is COc1ccc(OC)c(CN2CCN(C(=O)c3nc(Cl)ccc3Cl)CC2)c1. The molecule has 0 atom stereocenters. The van der Waals surface area contributed by atoms with E-state index in [2.05, 4.69) is 9.88 Å². The summed E-state index contributed by atoms with van der Waals surface area (Å²) in [4.78, 5) is 20.8. The van der Waals surface area contributed by atoms with E-state index >= 15 is 0 Å². The van der Waals surface area contributed by atoms with E-state index < -0.39 is 0 Å². The van der Waals surface area contributed by atoms with Crippen LogP contribution in [0.2, 0.25) is 10.2 Å². The Morgan fingerprint density at radius 2 is 1.81 bits per heavy atom. The summed E-state index contributed by atoms with van der Waals surface area (Å²) in [6.07, 6.45) is 0. The number of amides is 1. The highest BCUT2D eigenvalue weighted by Gasteiger charge is 2.25. The van der Waals surface area contributed by atoms with Crippen LogP contribution >= 0.6 is 23.2 Å². The molecule has 144 valence electrons. The molecular weight excluding hydrogens is 389 g/mol. The highest BCUT2D eigenvalue weighted by atomic mass is 35.5. The first-order valence-electron chi connectivity index (χ1n) is 8.56. The van der Waals surface area contributed by atoms with Gasteiger partial charge < -0.3 is 14.4 Å². The van der Waals surface area contributed by atoms with Gasteiger partial charge in [-0.1, -0.05) is 23.2 Å². The van der Waals surface area contributed by atoms with Gasteiger partial charge >= 0.3 is 0 Å². The lowest BCUT2D eigenvalue weighted by Crippen LogP contribution is -2.48. The monoisotopic (exact) mass is 409 g/mol. The fourth-order valence-electron chi connectivity index (χ4n) is 3.07. The molecule has 0 aliphatic carbocycles. The van der Waals surface area contributed by atoms with Crippen LogP contribution in [0.25, 0.3) is 0 Å². The van der Waals surface area contributed by atoms with Crippen molar-refractivity contribution in [2.45, 2.75) is 6.54 Å². The number of rotatable bonds is 5. The van der Waals surface area contributed by atoms with Gasteiger partial charge in [-0.2, -0.15) is 0 Å². The van der Waals surface area contributed by atoms with Crippen LogP contribution in [0.5, 0.6) is 11.5 Å². The zero-order chi connectivity index (χ0) is 19.4. The van der Waals surface area contributed by atoms with E-state index in [9.17, 15) is 4.79 Å². The van der Waals surface area contributed by atoms with Crippen molar-refractivity contribution in [3.8, 4) is 11.5 Å². The van der Waals surface area contributed by atoms with Crippen LogP contribution in [-0.2, 0) is 6.54 Å². The molecule has 1 aromatic carbocycles. The maximum atomic E-state index is 12.7. The van der Waals surface area contributed by atoms with Crippen molar-refractivity contribution in [2.75, 3.05) is 40.4 Å². The van der Waals surface area contributed by atoms with Crippen molar-refractivity contribution in [3.05, 3.63) is 51.8 Å². The van der Waals surface area contributed by atoms with E-state index in [0.29, 0.717) is 18.1 Å². The number of benzene rings is 1. The summed E-state index contributed by atoms with van der Waals surface area (Å²) in [6, 6.07) is 8.92. The highest BCUT2D eigenvalue weighted by molar-refractivity contribution is 6.34.